The fourth-order valence-corrected chi connectivity index (χ4v) is 6.03. The maximum atomic E-state index is 13.3. The number of carboxylic acid groups (broad SMARTS) is 1. The van der Waals surface area contributed by atoms with E-state index in [1.165, 1.54) is 4.31 Å². The minimum Gasteiger partial charge on any atom is -0.481 e. The molecule has 33 heavy (non-hydrogen) atoms. The van der Waals surface area contributed by atoms with Crippen molar-refractivity contribution in [1.29, 1.82) is 0 Å². The Morgan fingerprint density at radius 1 is 0.970 bits per heavy atom. The third-order valence-corrected chi connectivity index (χ3v) is 8.32. The number of hydrogen-bond acceptors (Lipinski definition) is 5. The van der Waals surface area contributed by atoms with Gasteiger partial charge in [0.2, 0.25) is 10.0 Å². The highest BCUT2D eigenvalue weighted by Crippen LogP contribution is 2.43. The highest BCUT2D eigenvalue weighted by molar-refractivity contribution is 7.89. The molecule has 8 nitrogen and oxygen atoms in total. The van der Waals surface area contributed by atoms with Gasteiger partial charge in [0.05, 0.1) is 10.8 Å². The maximum Gasteiger partial charge on any atom is 0.410 e. The van der Waals surface area contributed by atoms with Gasteiger partial charge in [0.15, 0.2) is 0 Å². The number of carbonyl (C=O) groups is 2. The molecule has 2 aliphatic rings. The van der Waals surface area contributed by atoms with Crippen LogP contribution >= 0.6 is 0 Å². The normalized spacial score (nSPS) is 23.2. The smallest absolute Gasteiger partial charge is 0.410 e. The summed E-state index contributed by atoms with van der Waals surface area (Å²) in [6.07, 6.45) is 1.24. The molecule has 9 heteroatoms. The number of amides is 1. The van der Waals surface area contributed by atoms with Gasteiger partial charge in [-0.15, -0.1) is 0 Å². The van der Waals surface area contributed by atoms with E-state index in [-0.39, 0.29) is 43.0 Å². The summed E-state index contributed by atoms with van der Waals surface area (Å²) >= 11 is 0. The molecule has 176 valence electrons. The number of carboxylic acids is 1. The van der Waals surface area contributed by atoms with E-state index in [0.717, 1.165) is 5.56 Å². The Kier molecular flexibility index (Phi) is 6.99. The molecule has 0 radical (unpaired) electrons. The fourth-order valence-electron chi connectivity index (χ4n) is 4.37. The number of sulfonamides is 1. The quantitative estimate of drug-likeness (QED) is 0.633. The first-order valence-electron chi connectivity index (χ1n) is 11.1. The molecule has 1 heterocycles. The van der Waals surface area contributed by atoms with Crippen molar-refractivity contribution in [1.82, 2.24) is 9.21 Å². The number of rotatable bonds is 8. The van der Waals surface area contributed by atoms with Crippen LogP contribution in [-0.2, 0) is 26.2 Å². The number of carbonyl (C=O) groups excluding carboxylic acids is 1. The van der Waals surface area contributed by atoms with Gasteiger partial charge in [-0.25, -0.2) is 13.2 Å². The van der Waals surface area contributed by atoms with Crippen molar-refractivity contribution in [2.45, 2.75) is 36.8 Å². The lowest BCUT2D eigenvalue weighted by Crippen LogP contribution is -2.56. The van der Waals surface area contributed by atoms with E-state index in [2.05, 4.69) is 0 Å². The summed E-state index contributed by atoms with van der Waals surface area (Å²) in [6, 6.07) is 17.2. The molecule has 0 spiro atoms. The van der Waals surface area contributed by atoms with Crippen LogP contribution < -0.4 is 0 Å². The predicted molar refractivity (Wildman–Crippen MR) is 121 cm³/mol. The lowest BCUT2D eigenvalue weighted by atomic mass is 10.1. The molecule has 1 aliphatic carbocycles. The SMILES string of the molecule is O=C(O)C1CC1CCC1CN(C(=O)OCc2ccccc2)CCN1S(=O)(=O)c1ccccc1. The lowest BCUT2D eigenvalue weighted by Gasteiger charge is -2.40. The number of ether oxygens (including phenoxy) is 1. The van der Waals surface area contributed by atoms with Crippen molar-refractivity contribution < 1.29 is 27.9 Å². The summed E-state index contributed by atoms with van der Waals surface area (Å²) in [7, 11) is -3.73. The second-order valence-corrected chi connectivity index (χ2v) is 10.5. The van der Waals surface area contributed by atoms with E-state index < -0.39 is 28.1 Å². The van der Waals surface area contributed by atoms with Gasteiger partial charge in [-0.3, -0.25) is 4.79 Å². The van der Waals surface area contributed by atoms with E-state index in [4.69, 9.17) is 4.74 Å². The molecule has 1 N–H and O–H groups in total. The molecule has 1 aliphatic heterocycles. The Morgan fingerprint density at radius 3 is 2.27 bits per heavy atom. The minimum atomic E-state index is -3.73. The van der Waals surface area contributed by atoms with Gasteiger partial charge in [0.25, 0.3) is 0 Å². The van der Waals surface area contributed by atoms with E-state index in [9.17, 15) is 23.1 Å². The molecule has 1 amide bonds. The monoisotopic (exact) mass is 472 g/mol. The maximum absolute atomic E-state index is 13.3. The number of hydrogen-bond donors (Lipinski definition) is 1. The fraction of sp³-hybridized carbons (Fsp3) is 0.417. The van der Waals surface area contributed by atoms with Crippen molar-refractivity contribution in [2.75, 3.05) is 19.6 Å². The van der Waals surface area contributed by atoms with Crippen LogP contribution in [0.4, 0.5) is 4.79 Å². The summed E-state index contributed by atoms with van der Waals surface area (Å²) in [5.41, 5.74) is 0.876. The molecule has 3 atom stereocenters. The van der Waals surface area contributed by atoms with Gasteiger partial charge in [0.1, 0.15) is 6.61 Å². The molecule has 2 aromatic rings. The van der Waals surface area contributed by atoms with Crippen molar-refractivity contribution in [3.8, 4) is 0 Å². The first-order valence-corrected chi connectivity index (χ1v) is 12.6. The zero-order valence-corrected chi connectivity index (χ0v) is 19.1. The highest BCUT2D eigenvalue weighted by Gasteiger charge is 2.44. The third-order valence-electron chi connectivity index (χ3n) is 6.35. The van der Waals surface area contributed by atoms with E-state index in [1.807, 2.05) is 30.3 Å². The summed E-state index contributed by atoms with van der Waals surface area (Å²) in [5, 5.41) is 9.18. The van der Waals surface area contributed by atoms with Gasteiger partial charge in [-0.2, -0.15) is 4.31 Å². The zero-order chi connectivity index (χ0) is 23.4. The van der Waals surface area contributed by atoms with Gasteiger partial charge < -0.3 is 14.7 Å². The molecule has 2 aromatic carbocycles. The van der Waals surface area contributed by atoms with Crippen molar-refractivity contribution >= 4 is 22.1 Å². The van der Waals surface area contributed by atoms with Crippen LogP contribution in [0.25, 0.3) is 0 Å². The number of aliphatic carboxylic acids is 1. The van der Waals surface area contributed by atoms with Crippen LogP contribution in [0.1, 0.15) is 24.8 Å². The molecule has 3 unspecified atom stereocenters. The van der Waals surface area contributed by atoms with Gasteiger partial charge >= 0.3 is 12.1 Å². The molecule has 1 saturated heterocycles. The summed E-state index contributed by atoms with van der Waals surface area (Å²) in [5.74, 6) is -1.09. The number of benzene rings is 2. The lowest BCUT2D eigenvalue weighted by molar-refractivity contribution is -0.138. The Morgan fingerprint density at radius 2 is 1.64 bits per heavy atom. The Hall–Kier alpha value is -2.91. The van der Waals surface area contributed by atoms with Gasteiger partial charge in [-0.1, -0.05) is 48.5 Å². The molecule has 2 fully saturated rings. The minimum absolute atomic E-state index is 0.0594. The second-order valence-electron chi connectivity index (χ2n) is 8.59. The zero-order valence-electron chi connectivity index (χ0n) is 18.2. The Bertz CT molecular complexity index is 1080. The number of nitrogens with zero attached hydrogens (tertiary/aromatic N) is 2. The van der Waals surface area contributed by atoms with Gasteiger partial charge in [0, 0.05) is 25.7 Å². The average Bonchev–Trinajstić information content (AvgIpc) is 3.62. The topological polar surface area (TPSA) is 104 Å². The van der Waals surface area contributed by atoms with Crippen molar-refractivity contribution in [3.63, 3.8) is 0 Å². The van der Waals surface area contributed by atoms with Crippen molar-refractivity contribution in [2.24, 2.45) is 11.8 Å². The second kappa shape index (κ2) is 9.93. The van der Waals surface area contributed by atoms with Crippen LogP contribution in [-0.4, -0.2) is 60.5 Å². The van der Waals surface area contributed by atoms with E-state index in [1.54, 1.807) is 35.2 Å². The van der Waals surface area contributed by atoms with Crippen LogP contribution in [0, 0.1) is 11.8 Å². The first-order chi connectivity index (χ1) is 15.9. The molecular formula is C24H28N2O6S. The molecule has 4 rings (SSSR count). The van der Waals surface area contributed by atoms with Crippen molar-refractivity contribution in [3.05, 3.63) is 66.2 Å². The van der Waals surface area contributed by atoms with Crippen LogP contribution in [0.2, 0.25) is 0 Å². The third kappa shape index (κ3) is 5.54. The largest absolute Gasteiger partial charge is 0.481 e. The predicted octanol–water partition coefficient (Wildman–Crippen LogP) is 3.20. The van der Waals surface area contributed by atoms with E-state index in [0.29, 0.717) is 19.3 Å². The average molecular weight is 473 g/mol. The highest BCUT2D eigenvalue weighted by atomic mass is 32.2. The van der Waals surface area contributed by atoms with Crippen LogP contribution in [0.5, 0.6) is 0 Å². The summed E-state index contributed by atoms with van der Waals surface area (Å²) in [6.45, 7) is 0.756. The molecule has 1 saturated carbocycles. The molecule has 0 bridgehead atoms. The molecular weight excluding hydrogens is 444 g/mol. The van der Waals surface area contributed by atoms with Crippen LogP contribution in [0.15, 0.2) is 65.6 Å². The van der Waals surface area contributed by atoms with Crippen LogP contribution in [0.3, 0.4) is 0 Å². The first kappa shape index (κ1) is 23.3. The Balaban J connectivity index is 1.45. The number of piperazine rings is 1. The summed E-state index contributed by atoms with van der Waals surface area (Å²) in [4.78, 5) is 25.6. The van der Waals surface area contributed by atoms with Gasteiger partial charge in [-0.05, 0) is 42.9 Å². The Labute approximate surface area is 193 Å². The molecule has 0 aromatic heterocycles. The summed E-state index contributed by atoms with van der Waals surface area (Å²) < 4.78 is 33.5. The standard InChI is InChI=1S/C24H28N2O6S/c27-23(28)22-15-19(22)11-12-20-16-25(24(29)32-17-18-7-3-1-4-8-18)13-14-26(20)33(30,31)21-9-5-2-6-10-21/h1-10,19-20,22H,11-17H2,(H,27,28). The van der Waals surface area contributed by atoms with E-state index >= 15 is 0 Å².